The van der Waals surface area contributed by atoms with Crippen molar-refractivity contribution in [2.75, 3.05) is 0 Å². The monoisotopic (exact) mass is 444 g/mol. The average Bonchev–Trinajstić information content (AvgIpc) is 2.99. The van der Waals surface area contributed by atoms with E-state index in [2.05, 4.69) is 0 Å². The highest BCUT2D eigenvalue weighted by Crippen LogP contribution is 2.36. The van der Waals surface area contributed by atoms with Crippen LogP contribution < -0.4 is 9.47 Å². The molecule has 4 nitrogen and oxygen atoms in total. The fourth-order valence-corrected chi connectivity index (χ4v) is 3.43. The topological polar surface area (TPSA) is 52.6 Å². The molecule has 3 aromatic carbocycles. The number of hydrogen-bond acceptors (Lipinski definition) is 4. The first kappa shape index (κ1) is 19.5. The van der Waals surface area contributed by atoms with E-state index in [1.54, 1.807) is 48.5 Å². The lowest BCUT2D eigenvalue weighted by Gasteiger charge is -2.06. The number of benzene rings is 3. The first-order chi connectivity index (χ1) is 13.9. The molecule has 0 atom stereocenters. The molecule has 0 aliphatic carbocycles. The second kappa shape index (κ2) is 7.91. The Hall–Kier alpha value is -2.79. The van der Waals surface area contributed by atoms with Gasteiger partial charge < -0.3 is 9.47 Å². The fourth-order valence-electron chi connectivity index (χ4n) is 2.77. The van der Waals surface area contributed by atoms with Gasteiger partial charge in [0.25, 0.3) is 0 Å². The van der Waals surface area contributed by atoms with Gasteiger partial charge in [0, 0.05) is 21.1 Å². The summed E-state index contributed by atoms with van der Waals surface area (Å²) in [5, 5.41) is 1.32. The Kier molecular flexibility index (Phi) is 5.33. The van der Waals surface area contributed by atoms with Gasteiger partial charge in [-0.3, -0.25) is 4.79 Å². The highest BCUT2D eigenvalue weighted by molar-refractivity contribution is 6.35. The number of allylic oxidation sites excluding steroid dienone is 1. The van der Waals surface area contributed by atoms with Crippen molar-refractivity contribution >= 4 is 52.6 Å². The van der Waals surface area contributed by atoms with Gasteiger partial charge in [0.2, 0.25) is 5.78 Å². The molecule has 1 aliphatic rings. The van der Waals surface area contributed by atoms with Crippen LogP contribution in [0.4, 0.5) is 0 Å². The molecule has 29 heavy (non-hydrogen) atoms. The molecule has 4 rings (SSSR count). The predicted octanol–water partition coefficient (Wildman–Crippen LogP) is 6.48. The number of carbonyl (C=O) groups is 2. The van der Waals surface area contributed by atoms with Crippen LogP contribution in [-0.4, -0.2) is 11.8 Å². The van der Waals surface area contributed by atoms with Crippen LogP contribution in [0.1, 0.15) is 26.3 Å². The number of esters is 1. The first-order valence-corrected chi connectivity index (χ1v) is 9.55. The molecule has 0 saturated heterocycles. The van der Waals surface area contributed by atoms with Gasteiger partial charge in [-0.25, -0.2) is 4.79 Å². The maximum absolute atomic E-state index is 12.6. The van der Waals surface area contributed by atoms with Gasteiger partial charge in [-0.15, -0.1) is 0 Å². The van der Waals surface area contributed by atoms with Crippen molar-refractivity contribution in [2.24, 2.45) is 0 Å². The number of hydrogen-bond donors (Lipinski definition) is 0. The fraction of sp³-hybridized carbons (Fsp3) is 0. The van der Waals surface area contributed by atoms with Crippen molar-refractivity contribution in [1.82, 2.24) is 0 Å². The van der Waals surface area contributed by atoms with Gasteiger partial charge in [-0.2, -0.15) is 0 Å². The SMILES string of the molecule is O=C(Oc1ccc2c(c1)O/C(=C\c1ccc(Cl)cc1Cl)C2=O)c1cccc(Cl)c1. The minimum absolute atomic E-state index is 0.113. The molecule has 0 fully saturated rings. The lowest BCUT2D eigenvalue weighted by molar-refractivity contribution is 0.0734. The Bertz CT molecular complexity index is 1180. The minimum Gasteiger partial charge on any atom is -0.452 e. The summed E-state index contributed by atoms with van der Waals surface area (Å²) in [4.78, 5) is 24.9. The van der Waals surface area contributed by atoms with E-state index >= 15 is 0 Å². The van der Waals surface area contributed by atoms with Crippen LogP contribution in [-0.2, 0) is 0 Å². The second-order valence-electron chi connectivity index (χ2n) is 6.16. The molecule has 0 amide bonds. The standard InChI is InChI=1S/C22H11Cl3O4/c23-14-3-1-2-13(8-14)22(27)28-16-6-7-17-19(11-16)29-20(21(17)26)9-12-4-5-15(24)10-18(12)25/h1-11H/b20-9-. The van der Waals surface area contributed by atoms with Gasteiger partial charge in [-0.1, -0.05) is 46.9 Å². The van der Waals surface area contributed by atoms with Crippen molar-refractivity contribution in [2.45, 2.75) is 0 Å². The van der Waals surface area contributed by atoms with Crippen molar-refractivity contribution in [1.29, 1.82) is 0 Å². The average molecular weight is 446 g/mol. The third kappa shape index (κ3) is 4.15. The molecule has 144 valence electrons. The van der Waals surface area contributed by atoms with Gasteiger partial charge in [0.05, 0.1) is 11.1 Å². The summed E-state index contributed by atoms with van der Waals surface area (Å²) >= 11 is 17.9. The maximum Gasteiger partial charge on any atom is 0.343 e. The summed E-state index contributed by atoms with van der Waals surface area (Å²) in [6, 6.07) is 15.9. The molecule has 3 aromatic rings. The van der Waals surface area contributed by atoms with E-state index < -0.39 is 5.97 Å². The molecule has 1 heterocycles. The number of Topliss-reactive ketones (excluding diaryl/α,β-unsaturated/α-hetero) is 1. The Balaban J connectivity index is 1.57. The molecule has 0 saturated carbocycles. The Labute approximate surface area is 181 Å². The van der Waals surface area contributed by atoms with Crippen LogP contribution in [0.15, 0.2) is 66.4 Å². The van der Waals surface area contributed by atoms with E-state index in [1.165, 1.54) is 18.2 Å². The summed E-state index contributed by atoms with van der Waals surface area (Å²) in [5.74, 6) is -0.211. The molecule has 0 bridgehead atoms. The predicted molar refractivity (Wildman–Crippen MR) is 112 cm³/mol. The van der Waals surface area contributed by atoms with Crippen LogP contribution in [0.2, 0.25) is 15.1 Å². The summed E-state index contributed by atoms with van der Waals surface area (Å²) in [6.07, 6.45) is 1.54. The third-order valence-electron chi connectivity index (χ3n) is 4.16. The Morgan fingerprint density at radius 2 is 1.72 bits per heavy atom. The van der Waals surface area contributed by atoms with Crippen molar-refractivity contribution in [3.05, 3.63) is 98.2 Å². The first-order valence-electron chi connectivity index (χ1n) is 8.42. The van der Waals surface area contributed by atoms with E-state index in [4.69, 9.17) is 44.3 Å². The molecule has 0 aromatic heterocycles. The molecule has 0 N–H and O–H groups in total. The molecular formula is C22H11Cl3O4. The summed E-state index contributed by atoms with van der Waals surface area (Å²) in [5.41, 5.74) is 1.27. The maximum atomic E-state index is 12.6. The van der Waals surface area contributed by atoms with E-state index in [0.29, 0.717) is 37.5 Å². The van der Waals surface area contributed by atoms with E-state index in [9.17, 15) is 9.59 Å². The minimum atomic E-state index is -0.569. The molecule has 0 spiro atoms. The Morgan fingerprint density at radius 3 is 2.48 bits per heavy atom. The van der Waals surface area contributed by atoms with Crippen LogP contribution in [0.5, 0.6) is 11.5 Å². The number of fused-ring (bicyclic) bond motifs is 1. The molecule has 0 radical (unpaired) electrons. The number of halogens is 3. The van der Waals surface area contributed by atoms with Gasteiger partial charge in [0.1, 0.15) is 11.5 Å². The zero-order valence-electron chi connectivity index (χ0n) is 14.6. The van der Waals surface area contributed by atoms with Gasteiger partial charge in [-0.05, 0) is 54.1 Å². The van der Waals surface area contributed by atoms with E-state index in [-0.39, 0.29) is 17.3 Å². The van der Waals surface area contributed by atoms with E-state index in [1.807, 2.05) is 0 Å². The normalized spacial score (nSPS) is 13.9. The zero-order chi connectivity index (χ0) is 20.5. The van der Waals surface area contributed by atoms with E-state index in [0.717, 1.165) is 0 Å². The molecule has 0 unspecified atom stereocenters. The van der Waals surface area contributed by atoms with Gasteiger partial charge in [0.15, 0.2) is 5.76 Å². The largest absolute Gasteiger partial charge is 0.452 e. The Morgan fingerprint density at radius 1 is 0.931 bits per heavy atom. The highest BCUT2D eigenvalue weighted by atomic mass is 35.5. The number of ketones is 1. The van der Waals surface area contributed by atoms with Crippen LogP contribution in [0, 0.1) is 0 Å². The zero-order valence-corrected chi connectivity index (χ0v) is 16.9. The molecule has 7 heteroatoms. The number of carbonyl (C=O) groups excluding carboxylic acids is 2. The molecule has 1 aliphatic heterocycles. The lowest BCUT2D eigenvalue weighted by Crippen LogP contribution is -2.08. The van der Waals surface area contributed by atoms with Crippen LogP contribution in [0.3, 0.4) is 0 Å². The summed E-state index contributed by atoms with van der Waals surface area (Å²) in [7, 11) is 0. The van der Waals surface area contributed by atoms with Crippen LogP contribution in [0.25, 0.3) is 6.08 Å². The van der Waals surface area contributed by atoms with Crippen molar-refractivity contribution < 1.29 is 19.1 Å². The van der Waals surface area contributed by atoms with Gasteiger partial charge >= 0.3 is 5.97 Å². The lowest BCUT2D eigenvalue weighted by atomic mass is 10.1. The highest BCUT2D eigenvalue weighted by Gasteiger charge is 2.28. The van der Waals surface area contributed by atoms with Crippen LogP contribution >= 0.6 is 34.8 Å². The summed E-state index contributed by atoms with van der Waals surface area (Å²) in [6.45, 7) is 0. The smallest absolute Gasteiger partial charge is 0.343 e. The van der Waals surface area contributed by atoms with Crippen molar-refractivity contribution in [3.8, 4) is 11.5 Å². The summed E-state index contributed by atoms with van der Waals surface area (Å²) < 4.78 is 11.0. The molecular weight excluding hydrogens is 435 g/mol. The quantitative estimate of drug-likeness (QED) is 0.263. The second-order valence-corrected chi connectivity index (χ2v) is 7.44. The number of ether oxygens (including phenoxy) is 2. The van der Waals surface area contributed by atoms with Crippen molar-refractivity contribution in [3.63, 3.8) is 0 Å². The third-order valence-corrected chi connectivity index (χ3v) is 4.96. The number of rotatable bonds is 3.